The number of hydrogen-bond donors (Lipinski definition) is 1. The summed E-state index contributed by atoms with van der Waals surface area (Å²) in [6.07, 6.45) is 0. The molecule has 0 saturated carbocycles. The van der Waals surface area contributed by atoms with E-state index in [2.05, 4.69) is 21.2 Å². The van der Waals surface area contributed by atoms with E-state index in [0.29, 0.717) is 23.3 Å². The zero-order valence-electron chi connectivity index (χ0n) is 17.2. The summed E-state index contributed by atoms with van der Waals surface area (Å²) >= 11 is 3.42. The van der Waals surface area contributed by atoms with Crippen molar-refractivity contribution in [2.45, 2.75) is 18.5 Å². The van der Waals surface area contributed by atoms with E-state index in [1.807, 2.05) is 31.2 Å². The van der Waals surface area contributed by atoms with Crippen LogP contribution in [-0.2, 0) is 19.9 Å². The summed E-state index contributed by atoms with van der Waals surface area (Å²) in [6.45, 7) is 2.35. The van der Waals surface area contributed by atoms with Crippen molar-refractivity contribution < 1.29 is 19.1 Å². The second-order valence-corrected chi connectivity index (χ2v) is 8.91. The summed E-state index contributed by atoms with van der Waals surface area (Å²) in [4.78, 5) is 43.9. The molecule has 2 aromatic rings. The zero-order chi connectivity index (χ0) is 21.9. The van der Waals surface area contributed by atoms with E-state index in [1.165, 1.54) is 4.90 Å². The normalized spacial score (nSPS) is 29.1. The van der Waals surface area contributed by atoms with Crippen molar-refractivity contribution in [1.29, 1.82) is 0 Å². The third kappa shape index (κ3) is 2.58. The fourth-order valence-corrected chi connectivity index (χ4v) is 5.76. The number of imide groups is 1. The molecule has 3 heterocycles. The Labute approximate surface area is 188 Å². The molecule has 160 valence electrons. The van der Waals surface area contributed by atoms with Crippen LogP contribution in [-0.4, -0.2) is 42.7 Å². The number of fused-ring (bicyclic) bond motifs is 4. The fourth-order valence-electron chi connectivity index (χ4n) is 5.40. The van der Waals surface area contributed by atoms with Crippen molar-refractivity contribution in [2.75, 3.05) is 28.8 Å². The first-order valence-electron chi connectivity index (χ1n) is 10.2. The number of alkyl halides is 1. The van der Waals surface area contributed by atoms with Gasteiger partial charge in [-0.1, -0.05) is 34.1 Å². The Morgan fingerprint density at radius 3 is 2.45 bits per heavy atom. The van der Waals surface area contributed by atoms with E-state index in [-0.39, 0.29) is 23.8 Å². The van der Waals surface area contributed by atoms with E-state index in [9.17, 15) is 14.4 Å². The summed E-state index contributed by atoms with van der Waals surface area (Å²) in [5, 5.41) is 3.99. The van der Waals surface area contributed by atoms with E-state index in [0.717, 1.165) is 11.3 Å². The first-order chi connectivity index (χ1) is 15.0. The van der Waals surface area contributed by atoms with Crippen LogP contribution in [0.4, 0.5) is 11.4 Å². The molecule has 8 heteroatoms. The number of methoxy groups -OCH3 is 1. The number of amides is 3. The number of ether oxygens (including phenoxy) is 1. The molecule has 0 bridgehead atoms. The Hall–Kier alpha value is -2.71. The van der Waals surface area contributed by atoms with Gasteiger partial charge in [-0.15, -0.1) is 0 Å². The highest BCUT2D eigenvalue weighted by molar-refractivity contribution is 9.09. The minimum Gasteiger partial charge on any atom is -0.497 e. The molecule has 5 rings (SSSR count). The van der Waals surface area contributed by atoms with Crippen LogP contribution < -0.4 is 19.9 Å². The van der Waals surface area contributed by atoms with Crippen molar-refractivity contribution in [3.05, 3.63) is 54.1 Å². The predicted octanol–water partition coefficient (Wildman–Crippen LogP) is 2.43. The monoisotopic (exact) mass is 483 g/mol. The Kier molecular flexibility index (Phi) is 4.67. The predicted molar refractivity (Wildman–Crippen MR) is 119 cm³/mol. The van der Waals surface area contributed by atoms with Gasteiger partial charge >= 0.3 is 0 Å². The van der Waals surface area contributed by atoms with E-state index < -0.39 is 17.4 Å². The average molecular weight is 484 g/mol. The zero-order valence-corrected chi connectivity index (χ0v) is 18.8. The average Bonchev–Trinajstić information content (AvgIpc) is 3.33. The van der Waals surface area contributed by atoms with Crippen molar-refractivity contribution >= 4 is 45.0 Å². The second kappa shape index (κ2) is 7.17. The van der Waals surface area contributed by atoms with Crippen molar-refractivity contribution in [2.24, 2.45) is 11.8 Å². The number of carbonyl (C=O) groups is 3. The first-order valence-corrected chi connectivity index (χ1v) is 11.3. The Bertz CT molecular complexity index is 1090. The van der Waals surface area contributed by atoms with Crippen LogP contribution >= 0.6 is 15.9 Å². The van der Waals surface area contributed by atoms with Gasteiger partial charge in [0.1, 0.15) is 11.3 Å². The smallest absolute Gasteiger partial charge is 0.252 e. The number of hydrogen-bond acceptors (Lipinski definition) is 5. The van der Waals surface area contributed by atoms with Crippen molar-refractivity contribution in [3.8, 4) is 5.75 Å². The lowest BCUT2D eigenvalue weighted by Crippen LogP contribution is -2.55. The van der Waals surface area contributed by atoms with Crippen molar-refractivity contribution in [3.63, 3.8) is 0 Å². The molecular formula is C23H22BrN3O4. The number of rotatable bonds is 4. The van der Waals surface area contributed by atoms with Crippen molar-refractivity contribution in [1.82, 2.24) is 5.32 Å². The lowest BCUT2D eigenvalue weighted by Gasteiger charge is -2.30. The maximum atomic E-state index is 13.8. The molecule has 1 spiro atoms. The summed E-state index contributed by atoms with van der Waals surface area (Å²) in [6, 6.07) is 14.0. The Balaban J connectivity index is 1.63. The minimum atomic E-state index is -1.24. The van der Waals surface area contributed by atoms with Gasteiger partial charge in [-0.05, 0) is 37.3 Å². The fraction of sp³-hybridized carbons (Fsp3) is 0.348. The van der Waals surface area contributed by atoms with Gasteiger partial charge in [-0.3, -0.25) is 19.7 Å². The molecule has 0 unspecified atom stereocenters. The molecule has 3 amide bonds. The number of nitrogens with one attached hydrogen (secondary N) is 1. The van der Waals surface area contributed by atoms with Gasteiger partial charge in [0, 0.05) is 29.2 Å². The molecule has 3 aliphatic heterocycles. The maximum Gasteiger partial charge on any atom is 0.252 e. The van der Waals surface area contributed by atoms with E-state index in [4.69, 9.17) is 4.74 Å². The summed E-state index contributed by atoms with van der Waals surface area (Å²) in [7, 11) is 1.56. The van der Waals surface area contributed by atoms with Gasteiger partial charge in [0.15, 0.2) is 0 Å². The lowest BCUT2D eigenvalue weighted by molar-refractivity contribution is -0.132. The molecule has 4 atom stereocenters. The molecule has 0 aliphatic carbocycles. The topological polar surface area (TPSA) is 79.0 Å². The van der Waals surface area contributed by atoms with Crippen LogP contribution in [0.1, 0.15) is 12.5 Å². The summed E-state index contributed by atoms with van der Waals surface area (Å²) in [5.74, 6) is -1.58. The molecule has 31 heavy (non-hydrogen) atoms. The minimum absolute atomic E-state index is 0.176. The number of nitrogens with zero attached hydrogens (tertiary/aromatic N) is 2. The molecule has 2 aromatic carbocycles. The quantitative estimate of drug-likeness (QED) is 0.533. The molecular weight excluding hydrogens is 462 g/mol. The van der Waals surface area contributed by atoms with Crippen LogP contribution in [0.25, 0.3) is 0 Å². The second-order valence-electron chi connectivity index (χ2n) is 8.12. The highest BCUT2D eigenvalue weighted by Crippen LogP contribution is 2.54. The number of anilines is 2. The highest BCUT2D eigenvalue weighted by Gasteiger charge is 2.70. The molecule has 3 aliphatic rings. The van der Waals surface area contributed by atoms with Gasteiger partial charge in [-0.2, -0.15) is 0 Å². The molecule has 7 nitrogen and oxygen atoms in total. The van der Waals surface area contributed by atoms with Crippen LogP contribution in [0.2, 0.25) is 0 Å². The highest BCUT2D eigenvalue weighted by atomic mass is 79.9. The Morgan fingerprint density at radius 2 is 1.77 bits per heavy atom. The van der Waals surface area contributed by atoms with Crippen LogP contribution in [0.3, 0.4) is 0 Å². The van der Waals surface area contributed by atoms with Gasteiger partial charge in [0.05, 0.1) is 24.6 Å². The maximum absolute atomic E-state index is 13.8. The largest absolute Gasteiger partial charge is 0.497 e. The van der Waals surface area contributed by atoms with Gasteiger partial charge in [0.25, 0.3) is 5.91 Å². The molecule has 2 fully saturated rings. The third-order valence-corrected chi connectivity index (χ3v) is 7.01. The number of carbonyl (C=O) groups excluding carboxylic acids is 3. The molecule has 1 N–H and O–H groups in total. The Morgan fingerprint density at radius 1 is 1.06 bits per heavy atom. The van der Waals surface area contributed by atoms with Crippen LogP contribution in [0.15, 0.2) is 48.5 Å². The molecule has 2 saturated heterocycles. The standard InChI is InChI=1S/C23H22BrN3O4/c1-13-18-19(21(29)27(20(18)28)14-7-9-15(31-2)10-8-14)23(25-13)16-5-3-4-6-17(16)26(12-11-24)22(23)30/h3-10,13,18-19,25H,11-12H2,1-2H3/t13-,18+,19-,23+/m0/s1. The van der Waals surface area contributed by atoms with E-state index >= 15 is 0 Å². The number of para-hydroxylation sites is 1. The SMILES string of the molecule is COc1ccc(N2C(=O)[C@@H]3[C@H](C)N[C@@]4(C(=O)N(CCBr)c5ccccc54)[C@@H]3C2=O)cc1. The summed E-state index contributed by atoms with van der Waals surface area (Å²) < 4.78 is 5.19. The lowest BCUT2D eigenvalue weighted by atomic mass is 9.76. The molecule has 0 radical (unpaired) electrons. The third-order valence-electron chi connectivity index (χ3n) is 6.65. The van der Waals surface area contributed by atoms with E-state index in [1.54, 1.807) is 36.3 Å². The first kappa shape index (κ1) is 20.2. The van der Waals surface area contributed by atoms with Crippen LogP contribution in [0.5, 0.6) is 5.75 Å². The van der Waals surface area contributed by atoms with Gasteiger partial charge < -0.3 is 9.64 Å². The van der Waals surface area contributed by atoms with Gasteiger partial charge in [-0.25, -0.2) is 4.90 Å². The number of benzene rings is 2. The molecule has 0 aromatic heterocycles. The number of halogens is 1. The summed E-state index contributed by atoms with van der Waals surface area (Å²) in [5.41, 5.74) is 0.800. The van der Waals surface area contributed by atoms with Gasteiger partial charge in [0.2, 0.25) is 11.8 Å². The van der Waals surface area contributed by atoms with Crippen LogP contribution in [0, 0.1) is 11.8 Å².